The molecule has 0 spiro atoms. The highest BCUT2D eigenvalue weighted by molar-refractivity contribution is 6.33. The highest BCUT2D eigenvalue weighted by Crippen LogP contribution is 2.22. The van der Waals surface area contributed by atoms with Crippen molar-refractivity contribution in [1.82, 2.24) is 0 Å². The monoisotopic (exact) mass is 225 g/mol. The molecule has 1 rings (SSSR count). The summed E-state index contributed by atoms with van der Waals surface area (Å²) in [6.45, 7) is 5.91. The van der Waals surface area contributed by atoms with Crippen LogP contribution in [0.15, 0.2) is 23.2 Å². The molecule has 0 saturated carbocycles. The van der Waals surface area contributed by atoms with E-state index in [9.17, 15) is 0 Å². The molecular formula is C11H16ClN3. The lowest BCUT2D eigenvalue weighted by atomic mass is 10.2. The van der Waals surface area contributed by atoms with Gasteiger partial charge in [0.15, 0.2) is 5.96 Å². The van der Waals surface area contributed by atoms with E-state index < -0.39 is 0 Å². The predicted octanol–water partition coefficient (Wildman–Crippen LogP) is 2.78. The van der Waals surface area contributed by atoms with Crippen LogP contribution in [0.4, 0.5) is 5.69 Å². The van der Waals surface area contributed by atoms with Gasteiger partial charge in [0.2, 0.25) is 0 Å². The van der Waals surface area contributed by atoms with Gasteiger partial charge in [-0.15, -0.1) is 0 Å². The van der Waals surface area contributed by atoms with E-state index in [2.05, 4.69) is 10.3 Å². The summed E-state index contributed by atoms with van der Waals surface area (Å²) in [7, 11) is 0. The van der Waals surface area contributed by atoms with Gasteiger partial charge in [0.05, 0.1) is 10.7 Å². The summed E-state index contributed by atoms with van der Waals surface area (Å²) in [5, 5.41) is 3.61. The molecule has 1 aromatic carbocycles. The number of nitrogens with one attached hydrogen (secondary N) is 1. The Balaban J connectivity index is 2.81. The molecular weight excluding hydrogens is 210 g/mol. The number of benzene rings is 1. The number of anilines is 1. The summed E-state index contributed by atoms with van der Waals surface area (Å²) in [4.78, 5) is 4.16. The summed E-state index contributed by atoms with van der Waals surface area (Å²) in [5.41, 5.74) is 7.59. The van der Waals surface area contributed by atoms with Crippen LogP contribution in [0.1, 0.15) is 19.4 Å². The number of rotatable bonds is 2. The first-order valence-corrected chi connectivity index (χ1v) is 5.23. The van der Waals surface area contributed by atoms with E-state index in [-0.39, 0.29) is 6.04 Å². The fourth-order valence-electron chi connectivity index (χ4n) is 1.17. The Labute approximate surface area is 95.3 Å². The molecule has 0 bridgehead atoms. The van der Waals surface area contributed by atoms with Crippen LogP contribution in [-0.4, -0.2) is 12.0 Å². The van der Waals surface area contributed by atoms with Gasteiger partial charge in [-0.3, -0.25) is 4.99 Å². The third-order valence-corrected chi connectivity index (χ3v) is 2.10. The van der Waals surface area contributed by atoms with Gasteiger partial charge in [-0.1, -0.05) is 17.7 Å². The average molecular weight is 226 g/mol. The second kappa shape index (κ2) is 5.03. The van der Waals surface area contributed by atoms with Crippen molar-refractivity contribution in [2.75, 3.05) is 5.32 Å². The maximum Gasteiger partial charge on any atom is 0.193 e. The standard InChI is InChI=1S/C11H16ClN3/c1-7(2)14-11(13)15-10-5-4-8(3)6-9(10)12/h4-7H,1-3H3,(H3,13,14,15). The molecule has 0 aliphatic heterocycles. The van der Waals surface area contributed by atoms with Crippen molar-refractivity contribution in [1.29, 1.82) is 0 Å². The third kappa shape index (κ3) is 3.80. The van der Waals surface area contributed by atoms with Gasteiger partial charge in [0.25, 0.3) is 0 Å². The van der Waals surface area contributed by atoms with Gasteiger partial charge in [-0.2, -0.15) is 0 Å². The number of nitrogens with two attached hydrogens (primary N) is 1. The molecule has 82 valence electrons. The third-order valence-electron chi connectivity index (χ3n) is 1.78. The van der Waals surface area contributed by atoms with Crippen LogP contribution in [0, 0.1) is 6.92 Å². The van der Waals surface area contributed by atoms with Gasteiger partial charge >= 0.3 is 0 Å². The van der Waals surface area contributed by atoms with Crippen molar-refractivity contribution in [3.63, 3.8) is 0 Å². The van der Waals surface area contributed by atoms with Gasteiger partial charge in [-0.05, 0) is 38.5 Å². The molecule has 0 amide bonds. The fourth-order valence-corrected chi connectivity index (χ4v) is 1.45. The van der Waals surface area contributed by atoms with Crippen LogP contribution in [-0.2, 0) is 0 Å². The Bertz CT molecular complexity index is 372. The van der Waals surface area contributed by atoms with Crippen LogP contribution in [0.5, 0.6) is 0 Å². The van der Waals surface area contributed by atoms with Crippen LogP contribution in [0.25, 0.3) is 0 Å². The van der Waals surface area contributed by atoms with Crippen molar-refractivity contribution in [2.24, 2.45) is 10.7 Å². The van der Waals surface area contributed by atoms with Crippen LogP contribution >= 0.6 is 11.6 Å². The van der Waals surface area contributed by atoms with Crippen LogP contribution in [0.3, 0.4) is 0 Å². The zero-order valence-electron chi connectivity index (χ0n) is 9.21. The second-order valence-corrected chi connectivity index (χ2v) is 4.12. The van der Waals surface area contributed by atoms with Gasteiger partial charge in [-0.25, -0.2) is 0 Å². The van der Waals surface area contributed by atoms with E-state index in [4.69, 9.17) is 17.3 Å². The number of aryl methyl sites for hydroxylation is 1. The highest BCUT2D eigenvalue weighted by atomic mass is 35.5. The van der Waals surface area contributed by atoms with E-state index >= 15 is 0 Å². The van der Waals surface area contributed by atoms with E-state index in [1.165, 1.54) is 0 Å². The first kappa shape index (κ1) is 11.9. The molecule has 3 N–H and O–H groups in total. The van der Waals surface area contributed by atoms with E-state index in [0.717, 1.165) is 11.3 Å². The zero-order valence-corrected chi connectivity index (χ0v) is 9.97. The Morgan fingerprint density at radius 1 is 1.47 bits per heavy atom. The molecule has 1 aromatic rings. The summed E-state index contributed by atoms with van der Waals surface area (Å²) in [5.74, 6) is 0.385. The normalized spacial score (nSPS) is 11.9. The Hall–Kier alpha value is -1.22. The lowest BCUT2D eigenvalue weighted by Crippen LogP contribution is -2.24. The molecule has 0 unspecified atom stereocenters. The largest absolute Gasteiger partial charge is 0.370 e. The van der Waals surface area contributed by atoms with Crippen molar-refractivity contribution in [3.8, 4) is 0 Å². The highest BCUT2D eigenvalue weighted by Gasteiger charge is 2.01. The molecule has 0 radical (unpaired) electrons. The number of nitrogens with zero attached hydrogens (tertiary/aromatic N) is 1. The molecule has 0 saturated heterocycles. The Morgan fingerprint density at radius 2 is 2.13 bits per heavy atom. The molecule has 0 aliphatic carbocycles. The van der Waals surface area contributed by atoms with Crippen molar-refractivity contribution < 1.29 is 0 Å². The van der Waals surface area contributed by atoms with Crippen molar-refractivity contribution in [3.05, 3.63) is 28.8 Å². The predicted molar refractivity (Wildman–Crippen MR) is 66.6 cm³/mol. The fraction of sp³-hybridized carbons (Fsp3) is 0.364. The lowest BCUT2D eigenvalue weighted by molar-refractivity contribution is 0.833. The summed E-state index contributed by atoms with van der Waals surface area (Å²) >= 11 is 6.04. The van der Waals surface area contributed by atoms with Gasteiger partial charge < -0.3 is 11.1 Å². The average Bonchev–Trinajstić information content (AvgIpc) is 2.08. The smallest absolute Gasteiger partial charge is 0.193 e. The first-order chi connectivity index (χ1) is 6.99. The van der Waals surface area contributed by atoms with Gasteiger partial charge in [0, 0.05) is 6.04 Å². The maximum absolute atomic E-state index is 6.04. The number of hydrogen-bond donors (Lipinski definition) is 2. The van der Waals surface area contributed by atoms with E-state index in [1.807, 2.05) is 39.0 Å². The number of aliphatic imine (C=N–C) groups is 1. The van der Waals surface area contributed by atoms with E-state index in [1.54, 1.807) is 0 Å². The van der Waals surface area contributed by atoms with Crippen molar-refractivity contribution in [2.45, 2.75) is 26.8 Å². The number of hydrogen-bond acceptors (Lipinski definition) is 1. The summed E-state index contributed by atoms with van der Waals surface area (Å²) < 4.78 is 0. The van der Waals surface area contributed by atoms with Crippen molar-refractivity contribution >= 4 is 23.2 Å². The quantitative estimate of drug-likeness (QED) is 0.601. The minimum atomic E-state index is 0.168. The molecule has 0 heterocycles. The molecule has 4 heteroatoms. The summed E-state index contributed by atoms with van der Waals surface area (Å²) in [6, 6.07) is 5.91. The zero-order chi connectivity index (χ0) is 11.4. The first-order valence-electron chi connectivity index (χ1n) is 4.85. The minimum absolute atomic E-state index is 0.168. The van der Waals surface area contributed by atoms with Crippen LogP contribution < -0.4 is 11.1 Å². The number of halogens is 1. The summed E-state index contributed by atoms with van der Waals surface area (Å²) in [6.07, 6.45) is 0. The Morgan fingerprint density at radius 3 is 2.67 bits per heavy atom. The molecule has 0 fully saturated rings. The van der Waals surface area contributed by atoms with E-state index in [0.29, 0.717) is 11.0 Å². The second-order valence-electron chi connectivity index (χ2n) is 3.72. The molecule has 0 atom stereocenters. The topological polar surface area (TPSA) is 50.4 Å². The van der Waals surface area contributed by atoms with Crippen LogP contribution in [0.2, 0.25) is 5.02 Å². The SMILES string of the molecule is Cc1ccc(NC(N)=NC(C)C)c(Cl)c1. The molecule has 15 heavy (non-hydrogen) atoms. The minimum Gasteiger partial charge on any atom is -0.370 e. The van der Waals surface area contributed by atoms with Gasteiger partial charge in [0.1, 0.15) is 0 Å². The molecule has 0 aromatic heterocycles. The number of guanidine groups is 1. The lowest BCUT2D eigenvalue weighted by Gasteiger charge is -2.09. The molecule has 0 aliphatic rings. The molecule has 3 nitrogen and oxygen atoms in total. The maximum atomic E-state index is 6.04. The Kier molecular flexibility index (Phi) is 3.97.